The molecule has 2 aromatic heterocycles. The van der Waals surface area contributed by atoms with Gasteiger partial charge < -0.3 is 4.90 Å². The van der Waals surface area contributed by atoms with Gasteiger partial charge in [0.2, 0.25) is 0 Å². The number of para-hydroxylation sites is 1. The first kappa shape index (κ1) is 14.4. The lowest BCUT2D eigenvalue weighted by molar-refractivity contribution is 0.870. The van der Waals surface area contributed by atoms with Crippen LogP contribution < -0.4 is 4.90 Å². The number of fused-ring (bicyclic) bond motifs is 3. The van der Waals surface area contributed by atoms with E-state index >= 15 is 0 Å². The molecule has 124 valence electrons. The molecule has 5 heteroatoms. The van der Waals surface area contributed by atoms with Crippen LogP contribution in [-0.2, 0) is 0 Å². The lowest BCUT2D eigenvalue weighted by Crippen LogP contribution is -2.20. The highest BCUT2D eigenvalue weighted by Crippen LogP contribution is 2.31. The predicted octanol–water partition coefficient (Wildman–Crippen LogP) is 3.85. The Kier molecular flexibility index (Phi) is 3.20. The first-order chi connectivity index (χ1) is 12.3. The van der Waals surface area contributed by atoms with Crippen LogP contribution in [0.3, 0.4) is 0 Å². The van der Waals surface area contributed by atoms with Gasteiger partial charge in [0, 0.05) is 24.0 Å². The molecule has 1 aliphatic heterocycles. The smallest absolute Gasteiger partial charge is 0.186 e. The summed E-state index contributed by atoms with van der Waals surface area (Å²) in [6.07, 6.45) is 2.45. The van der Waals surface area contributed by atoms with E-state index in [0.29, 0.717) is 0 Å². The van der Waals surface area contributed by atoms with Gasteiger partial charge in [-0.05, 0) is 38.0 Å². The first-order valence-corrected chi connectivity index (χ1v) is 8.77. The highest BCUT2D eigenvalue weighted by atomic mass is 15.4. The quantitative estimate of drug-likeness (QED) is 0.560. The van der Waals surface area contributed by atoms with Crippen molar-refractivity contribution in [2.75, 3.05) is 18.0 Å². The van der Waals surface area contributed by atoms with Crippen molar-refractivity contribution in [1.82, 2.24) is 19.8 Å². The molecular formula is C20H19N5. The summed E-state index contributed by atoms with van der Waals surface area (Å²) in [6.45, 7) is 4.22. The Hall–Kier alpha value is -2.95. The van der Waals surface area contributed by atoms with Crippen LogP contribution in [0.1, 0.15) is 18.4 Å². The third-order valence-electron chi connectivity index (χ3n) is 4.93. The van der Waals surface area contributed by atoms with Crippen LogP contribution in [0, 0.1) is 6.92 Å². The van der Waals surface area contributed by atoms with Crippen molar-refractivity contribution >= 4 is 22.4 Å². The Bertz CT molecular complexity index is 1080. The Morgan fingerprint density at radius 2 is 1.80 bits per heavy atom. The van der Waals surface area contributed by atoms with Crippen LogP contribution in [0.2, 0.25) is 0 Å². The van der Waals surface area contributed by atoms with Crippen LogP contribution in [0.5, 0.6) is 0 Å². The third-order valence-corrected chi connectivity index (χ3v) is 4.93. The second-order valence-corrected chi connectivity index (χ2v) is 6.69. The minimum absolute atomic E-state index is 0.825. The number of benzene rings is 2. The van der Waals surface area contributed by atoms with Gasteiger partial charge in [-0.1, -0.05) is 41.1 Å². The van der Waals surface area contributed by atoms with Gasteiger partial charge in [0.15, 0.2) is 5.65 Å². The SMILES string of the molecule is Cc1cccc(-c2nnn3c2nc(N2CCCC2)c2ccccc23)c1. The fraction of sp³-hybridized carbons (Fsp3) is 0.250. The fourth-order valence-electron chi connectivity index (χ4n) is 3.70. The Morgan fingerprint density at radius 1 is 0.960 bits per heavy atom. The van der Waals surface area contributed by atoms with Crippen LogP contribution in [0.15, 0.2) is 48.5 Å². The molecular weight excluding hydrogens is 310 g/mol. The third kappa shape index (κ3) is 2.27. The molecule has 0 spiro atoms. The van der Waals surface area contributed by atoms with Gasteiger partial charge in [-0.15, -0.1) is 5.10 Å². The fourth-order valence-corrected chi connectivity index (χ4v) is 3.70. The molecule has 3 heterocycles. The molecule has 0 amide bonds. The molecule has 25 heavy (non-hydrogen) atoms. The maximum atomic E-state index is 5.02. The molecule has 0 saturated carbocycles. The van der Waals surface area contributed by atoms with Gasteiger partial charge in [-0.3, -0.25) is 0 Å². The van der Waals surface area contributed by atoms with E-state index in [1.165, 1.54) is 18.4 Å². The Morgan fingerprint density at radius 3 is 2.64 bits per heavy atom. The van der Waals surface area contributed by atoms with Crippen LogP contribution in [-0.4, -0.2) is 32.9 Å². The monoisotopic (exact) mass is 329 g/mol. The molecule has 0 bridgehead atoms. The predicted molar refractivity (Wildman–Crippen MR) is 99.9 cm³/mol. The molecule has 1 aliphatic rings. The highest BCUT2D eigenvalue weighted by Gasteiger charge is 2.21. The van der Waals surface area contributed by atoms with E-state index in [1.54, 1.807) is 0 Å². The lowest BCUT2D eigenvalue weighted by Gasteiger charge is -2.19. The number of nitrogens with zero attached hydrogens (tertiary/aromatic N) is 5. The summed E-state index contributed by atoms with van der Waals surface area (Å²) in [7, 11) is 0. The molecule has 5 nitrogen and oxygen atoms in total. The average Bonchev–Trinajstić information content (AvgIpc) is 3.31. The molecule has 1 saturated heterocycles. The topological polar surface area (TPSA) is 46.3 Å². The van der Waals surface area contributed by atoms with E-state index in [0.717, 1.165) is 46.7 Å². The van der Waals surface area contributed by atoms with E-state index in [1.807, 2.05) is 10.6 Å². The van der Waals surface area contributed by atoms with Crippen molar-refractivity contribution in [3.63, 3.8) is 0 Å². The van der Waals surface area contributed by atoms with Gasteiger partial charge in [0.05, 0.1) is 5.52 Å². The molecule has 4 aromatic rings. The van der Waals surface area contributed by atoms with E-state index in [-0.39, 0.29) is 0 Å². The summed E-state index contributed by atoms with van der Waals surface area (Å²) < 4.78 is 1.87. The number of rotatable bonds is 2. The number of anilines is 1. The molecule has 0 aliphatic carbocycles. The second-order valence-electron chi connectivity index (χ2n) is 6.69. The van der Waals surface area contributed by atoms with Crippen molar-refractivity contribution in [1.29, 1.82) is 0 Å². The summed E-state index contributed by atoms with van der Waals surface area (Å²) >= 11 is 0. The molecule has 0 N–H and O–H groups in total. The maximum Gasteiger partial charge on any atom is 0.186 e. The van der Waals surface area contributed by atoms with E-state index < -0.39 is 0 Å². The van der Waals surface area contributed by atoms with Gasteiger partial charge >= 0.3 is 0 Å². The zero-order valence-corrected chi connectivity index (χ0v) is 14.2. The minimum Gasteiger partial charge on any atom is -0.356 e. The molecule has 1 fully saturated rings. The van der Waals surface area contributed by atoms with Crippen molar-refractivity contribution in [2.24, 2.45) is 0 Å². The zero-order valence-electron chi connectivity index (χ0n) is 14.2. The largest absolute Gasteiger partial charge is 0.356 e. The number of aryl methyl sites for hydroxylation is 1. The molecule has 2 aromatic carbocycles. The Balaban J connectivity index is 1.82. The molecule has 5 rings (SSSR count). The van der Waals surface area contributed by atoms with E-state index in [9.17, 15) is 0 Å². The average molecular weight is 329 g/mol. The first-order valence-electron chi connectivity index (χ1n) is 8.77. The van der Waals surface area contributed by atoms with Gasteiger partial charge in [0.1, 0.15) is 11.5 Å². The molecule has 0 atom stereocenters. The summed E-state index contributed by atoms with van der Waals surface area (Å²) in [5.74, 6) is 1.05. The van der Waals surface area contributed by atoms with Crippen LogP contribution >= 0.6 is 0 Å². The summed E-state index contributed by atoms with van der Waals surface area (Å²) in [5, 5.41) is 10.00. The van der Waals surface area contributed by atoms with E-state index in [2.05, 4.69) is 64.6 Å². The second kappa shape index (κ2) is 5.55. The summed E-state index contributed by atoms with van der Waals surface area (Å²) in [6, 6.07) is 16.7. The van der Waals surface area contributed by atoms with Gasteiger partial charge in [0.25, 0.3) is 0 Å². The van der Waals surface area contributed by atoms with E-state index in [4.69, 9.17) is 4.98 Å². The molecule has 0 radical (unpaired) electrons. The minimum atomic E-state index is 0.825. The summed E-state index contributed by atoms with van der Waals surface area (Å²) in [4.78, 5) is 7.40. The van der Waals surface area contributed by atoms with Crippen LogP contribution in [0.4, 0.5) is 5.82 Å². The zero-order chi connectivity index (χ0) is 16.8. The number of hydrogen-bond acceptors (Lipinski definition) is 4. The normalized spacial score (nSPS) is 14.7. The number of hydrogen-bond donors (Lipinski definition) is 0. The Labute approximate surface area is 145 Å². The summed E-state index contributed by atoms with van der Waals surface area (Å²) in [5.41, 5.74) is 4.99. The van der Waals surface area contributed by atoms with Crippen molar-refractivity contribution < 1.29 is 0 Å². The highest BCUT2D eigenvalue weighted by molar-refractivity contribution is 5.93. The van der Waals surface area contributed by atoms with Gasteiger partial charge in [-0.25, -0.2) is 4.98 Å². The molecule has 0 unspecified atom stereocenters. The standard InChI is InChI=1S/C20H19N5/c1-14-7-6-8-15(13-14)18-20-21-19(24-11-4-5-12-24)16-9-2-3-10-17(16)25(20)23-22-18/h2-3,6-10,13H,4-5,11-12H2,1H3. The van der Waals surface area contributed by atoms with Crippen LogP contribution in [0.25, 0.3) is 27.8 Å². The van der Waals surface area contributed by atoms with Gasteiger partial charge in [-0.2, -0.15) is 4.52 Å². The lowest BCUT2D eigenvalue weighted by atomic mass is 10.1. The maximum absolute atomic E-state index is 5.02. The van der Waals surface area contributed by atoms with Crippen molar-refractivity contribution in [3.8, 4) is 11.3 Å². The van der Waals surface area contributed by atoms with Crippen molar-refractivity contribution in [3.05, 3.63) is 54.1 Å². The number of aromatic nitrogens is 4. The van der Waals surface area contributed by atoms with Crippen molar-refractivity contribution in [2.45, 2.75) is 19.8 Å².